The third-order valence-electron chi connectivity index (χ3n) is 4.58. The van der Waals surface area contributed by atoms with Crippen molar-refractivity contribution in [2.45, 2.75) is 45.7 Å². The summed E-state index contributed by atoms with van der Waals surface area (Å²) in [6.07, 6.45) is 2.52. The fourth-order valence-electron chi connectivity index (χ4n) is 2.93. The molecule has 0 spiro atoms. The summed E-state index contributed by atoms with van der Waals surface area (Å²) >= 11 is 0. The fourth-order valence-corrected chi connectivity index (χ4v) is 2.93. The highest BCUT2D eigenvalue weighted by Crippen LogP contribution is 2.20. The van der Waals surface area contributed by atoms with Gasteiger partial charge < -0.3 is 10.1 Å². The lowest BCUT2D eigenvalue weighted by atomic mass is 9.95. The van der Waals surface area contributed by atoms with Gasteiger partial charge in [-0.05, 0) is 25.2 Å². The summed E-state index contributed by atoms with van der Waals surface area (Å²) in [6.45, 7) is 12.5. The normalized spacial score (nSPS) is 37.2. The molecule has 2 saturated heterocycles. The molecule has 2 rings (SSSR count). The van der Waals surface area contributed by atoms with Crippen molar-refractivity contribution < 1.29 is 4.74 Å². The molecule has 0 aliphatic carbocycles. The first-order valence-electron chi connectivity index (χ1n) is 7.25. The monoisotopic (exact) mass is 240 g/mol. The molecule has 100 valence electrons. The molecule has 0 radical (unpaired) electrons. The molecule has 4 unspecified atom stereocenters. The Kier molecular flexibility index (Phi) is 4.83. The number of nitrogens with zero attached hydrogens (tertiary/aromatic N) is 1. The van der Waals surface area contributed by atoms with Gasteiger partial charge in [0.1, 0.15) is 0 Å². The van der Waals surface area contributed by atoms with E-state index in [0.29, 0.717) is 12.1 Å². The highest BCUT2D eigenvalue weighted by atomic mass is 16.5. The Morgan fingerprint density at radius 2 is 2.29 bits per heavy atom. The van der Waals surface area contributed by atoms with Crippen LogP contribution in [0.2, 0.25) is 0 Å². The molecule has 0 bridgehead atoms. The van der Waals surface area contributed by atoms with E-state index >= 15 is 0 Å². The molecule has 3 nitrogen and oxygen atoms in total. The van der Waals surface area contributed by atoms with Gasteiger partial charge in [0.05, 0.1) is 6.61 Å². The Morgan fingerprint density at radius 1 is 1.47 bits per heavy atom. The van der Waals surface area contributed by atoms with Crippen LogP contribution in [0.4, 0.5) is 0 Å². The Morgan fingerprint density at radius 3 is 2.94 bits per heavy atom. The molecule has 17 heavy (non-hydrogen) atoms. The van der Waals surface area contributed by atoms with E-state index in [0.717, 1.165) is 31.6 Å². The minimum atomic E-state index is 0.677. The standard InChI is InChI=1S/C14H28N2O/c1-4-11(2)14-9-16(12(3)7-15-14)8-13-5-6-17-10-13/h11-15H,4-10H2,1-3H3. The van der Waals surface area contributed by atoms with Crippen molar-refractivity contribution in [3.05, 3.63) is 0 Å². The van der Waals surface area contributed by atoms with Crippen molar-refractivity contribution in [1.29, 1.82) is 0 Å². The first-order valence-corrected chi connectivity index (χ1v) is 7.25. The van der Waals surface area contributed by atoms with E-state index in [2.05, 4.69) is 31.0 Å². The zero-order chi connectivity index (χ0) is 12.3. The van der Waals surface area contributed by atoms with Crippen LogP contribution in [0.25, 0.3) is 0 Å². The number of ether oxygens (including phenoxy) is 1. The highest BCUT2D eigenvalue weighted by molar-refractivity contribution is 4.87. The summed E-state index contributed by atoms with van der Waals surface area (Å²) in [6, 6.07) is 1.36. The summed E-state index contributed by atoms with van der Waals surface area (Å²) in [5, 5.41) is 3.70. The molecule has 2 fully saturated rings. The van der Waals surface area contributed by atoms with E-state index in [4.69, 9.17) is 4.74 Å². The first kappa shape index (κ1) is 13.3. The quantitative estimate of drug-likeness (QED) is 0.810. The lowest BCUT2D eigenvalue weighted by Gasteiger charge is -2.41. The lowest BCUT2D eigenvalue weighted by molar-refractivity contribution is 0.0947. The van der Waals surface area contributed by atoms with E-state index in [-0.39, 0.29) is 0 Å². The maximum atomic E-state index is 5.49. The number of hydrogen-bond donors (Lipinski definition) is 1. The van der Waals surface area contributed by atoms with Crippen molar-refractivity contribution in [3.63, 3.8) is 0 Å². The van der Waals surface area contributed by atoms with Crippen LogP contribution in [-0.2, 0) is 4.74 Å². The Labute approximate surface area is 106 Å². The number of nitrogens with one attached hydrogen (secondary N) is 1. The summed E-state index contributed by atoms with van der Waals surface area (Å²) in [5.41, 5.74) is 0. The molecule has 1 N–H and O–H groups in total. The van der Waals surface area contributed by atoms with E-state index in [1.807, 2.05) is 0 Å². The SMILES string of the molecule is CCC(C)C1CN(CC2CCOC2)C(C)CN1. The van der Waals surface area contributed by atoms with Crippen LogP contribution in [0.5, 0.6) is 0 Å². The van der Waals surface area contributed by atoms with Gasteiger partial charge in [0.15, 0.2) is 0 Å². The van der Waals surface area contributed by atoms with Crippen molar-refractivity contribution in [2.24, 2.45) is 11.8 Å². The third kappa shape index (κ3) is 3.43. The Bertz CT molecular complexity index is 228. The fraction of sp³-hybridized carbons (Fsp3) is 1.00. The molecule has 2 aliphatic rings. The van der Waals surface area contributed by atoms with Gasteiger partial charge in [0.25, 0.3) is 0 Å². The maximum absolute atomic E-state index is 5.49. The topological polar surface area (TPSA) is 24.5 Å². The zero-order valence-corrected chi connectivity index (χ0v) is 11.6. The van der Waals surface area contributed by atoms with Gasteiger partial charge in [-0.3, -0.25) is 4.90 Å². The Balaban J connectivity index is 1.85. The summed E-state index contributed by atoms with van der Waals surface area (Å²) in [5.74, 6) is 1.55. The average molecular weight is 240 g/mol. The molecule has 2 aliphatic heterocycles. The van der Waals surface area contributed by atoms with Crippen LogP contribution in [0.1, 0.15) is 33.6 Å². The molecular weight excluding hydrogens is 212 g/mol. The van der Waals surface area contributed by atoms with Crippen LogP contribution >= 0.6 is 0 Å². The molecule has 0 aromatic heterocycles. The van der Waals surface area contributed by atoms with E-state index < -0.39 is 0 Å². The zero-order valence-electron chi connectivity index (χ0n) is 11.6. The van der Waals surface area contributed by atoms with E-state index in [1.54, 1.807) is 0 Å². The van der Waals surface area contributed by atoms with Crippen molar-refractivity contribution in [1.82, 2.24) is 10.2 Å². The third-order valence-corrected chi connectivity index (χ3v) is 4.58. The highest BCUT2D eigenvalue weighted by Gasteiger charge is 2.29. The molecule has 2 heterocycles. The maximum Gasteiger partial charge on any atom is 0.0507 e. The second-order valence-corrected chi connectivity index (χ2v) is 5.93. The molecule has 3 heteroatoms. The van der Waals surface area contributed by atoms with Gasteiger partial charge in [-0.25, -0.2) is 0 Å². The largest absolute Gasteiger partial charge is 0.381 e. The van der Waals surface area contributed by atoms with E-state index in [9.17, 15) is 0 Å². The number of piperazine rings is 1. The van der Waals surface area contributed by atoms with Crippen LogP contribution < -0.4 is 5.32 Å². The average Bonchev–Trinajstić information content (AvgIpc) is 2.84. The van der Waals surface area contributed by atoms with Crippen molar-refractivity contribution in [2.75, 3.05) is 32.8 Å². The minimum absolute atomic E-state index is 0.677. The van der Waals surface area contributed by atoms with Crippen LogP contribution in [-0.4, -0.2) is 49.8 Å². The molecular formula is C14H28N2O. The first-order chi connectivity index (χ1) is 8.20. The van der Waals surface area contributed by atoms with Gasteiger partial charge in [0, 0.05) is 38.3 Å². The molecule has 0 amide bonds. The number of hydrogen-bond acceptors (Lipinski definition) is 3. The van der Waals surface area contributed by atoms with Crippen LogP contribution in [0.3, 0.4) is 0 Å². The number of rotatable bonds is 4. The van der Waals surface area contributed by atoms with E-state index in [1.165, 1.54) is 25.9 Å². The second kappa shape index (κ2) is 6.17. The summed E-state index contributed by atoms with van der Waals surface area (Å²) in [4.78, 5) is 2.67. The van der Waals surface area contributed by atoms with Crippen molar-refractivity contribution >= 4 is 0 Å². The van der Waals surface area contributed by atoms with Gasteiger partial charge in [-0.2, -0.15) is 0 Å². The van der Waals surface area contributed by atoms with Gasteiger partial charge in [-0.15, -0.1) is 0 Å². The minimum Gasteiger partial charge on any atom is -0.381 e. The predicted molar refractivity (Wildman–Crippen MR) is 71.2 cm³/mol. The molecule has 0 saturated carbocycles. The van der Waals surface area contributed by atoms with Crippen LogP contribution in [0, 0.1) is 11.8 Å². The second-order valence-electron chi connectivity index (χ2n) is 5.93. The molecule has 0 aromatic carbocycles. The smallest absolute Gasteiger partial charge is 0.0507 e. The predicted octanol–water partition coefficient (Wildman–Crippen LogP) is 1.73. The van der Waals surface area contributed by atoms with Gasteiger partial charge in [0.2, 0.25) is 0 Å². The van der Waals surface area contributed by atoms with Gasteiger partial charge >= 0.3 is 0 Å². The molecule has 4 atom stereocenters. The van der Waals surface area contributed by atoms with Crippen LogP contribution in [0.15, 0.2) is 0 Å². The summed E-state index contributed by atoms with van der Waals surface area (Å²) < 4.78 is 5.49. The summed E-state index contributed by atoms with van der Waals surface area (Å²) in [7, 11) is 0. The lowest BCUT2D eigenvalue weighted by Crippen LogP contribution is -2.58. The Hall–Kier alpha value is -0.120. The van der Waals surface area contributed by atoms with Gasteiger partial charge in [-0.1, -0.05) is 20.3 Å². The molecule has 0 aromatic rings. The van der Waals surface area contributed by atoms with Crippen molar-refractivity contribution in [3.8, 4) is 0 Å².